The minimum atomic E-state index is 0.000230. The van der Waals surface area contributed by atoms with Gasteiger partial charge in [0, 0.05) is 22.8 Å². The van der Waals surface area contributed by atoms with Crippen LogP contribution in [0.15, 0.2) is 16.7 Å². The van der Waals surface area contributed by atoms with Crippen molar-refractivity contribution in [3.63, 3.8) is 0 Å². The maximum Gasteiger partial charge on any atom is 0.134 e. The number of pyridine rings is 1. The summed E-state index contributed by atoms with van der Waals surface area (Å²) in [7, 11) is 0. The second kappa shape index (κ2) is 5.33. The zero-order chi connectivity index (χ0) is 12.4. The normalized spacial score (nSPS) is 25.1. The van der Waals surface area contributed by atoms with Crippen LogP contribution >= 0.6 is 15.9 Å². The van der Waals surface area contributed by atoms with Crippen molar-refractivity contribution in [1.82, 2.24) is 4.98 Å². The number of hydrogen-bond acceptors (Lipinski definition) is 4. The Bertz CT molecular complexity index is 400. The summed E-state index contributed by atoms with van der Waals surface area (Å²) in [6.07, 6.45) is 1.96. The average molecular weight is 301 g/mol. The first-order valence-corrected chi connectivity index (χ1v) is 6.54. The molecule has 2 rings (SSSR count). The molecule has 2 atom stereocenters. The average Bonchev–Trinajstić information content (AvgIpc) is 2.32. The Labute approximate surface area is 110 Å². The number of aliphatic hydroxyl groups is 1. The number of morpholine rings is 1. The van der Waals surface area contributed by atoms with Gasteiger partial charge >= 0.3 is 0 Å². The van der Waals surface area contributed by atoms with E-state index in [1.165, 1.54) is 0 Å². The van der Waals surface area contributed by atoms with Gasteiger partial charge in [0.2, 0.25) is 0 Å². The summed E-state index contributed by atoms with van der Waals surface area (Å²) >= 11 is 3.37. The SMILES string of the molecule is CC1CN(c2ncc(Br)cc2CO)C(C)CO1. The Hall–Kier alpha value is -0.650. The van der Waals surface area contributed by atoms with Crippen LogP contribution in [0.5, 0.6) is 0 Å². The fraction of sp³-hybridized carbons (Fsp3) is 0.583. The number of anilines is 1. The van der Waals surface area contributed by atoms with E-state index >= 15 is 0 Å². The van der Waals surface area contributed by atoms with E-state index in [1.807, 2.05) is 6.07 Å². The second-order valence-electron chi connectivity index (χ2n) is 4.44. The van der Waals surface area contributed by atoms with Crippen LogP contribution in [0.2, 0.25) is 0 Å². The van der Waals surface area contributed by atoms with E-state index in [4.69, 9.17) is 4.74 Å². The van der Waals surface area contributed by atoms with Crippen LogP contribution in [0.3, 0.4) is 0 Å². The highest BCUT2D eigenvalue weighted by atomic mass is 79.9. The molecule has 17 heavy (non-hydrogen) atoms. The first-order valence-electron chi connectivity index (χ1n) is 5.75. The van der Waals surface area contributed by atoms with Gasteiger partial charge in [0.05, 0.1) is 25.4 Å². The monoisotopic (exact) mass is 300 g/mol. The van der Waals surface area contributed by atoms with Crippen LogP contribution in [-0.4, -0.2) is 35.4 Å². The molecule has 1 aliphatic rings. The molecule has 1 N–H and O–H groups in total. The van der Waals surface area contributed by atoms with Crippen LogP contribution in [0.4, 0.5) is 5.82 Å². The number of ether oxygens (including phenoxy) is 1. The van der Waals surface area contributed by atoms with Gasteiger partial charge in [-0.1, -0.05) is 0 Å². The minimum absolute atomic E-state index is 0.000230. The number of aromatic nitrogens is 1. The van der Waals surface area contributed by atoms with Gasteiger partial charge < -0.3 is 14.7 Å². The van der Waals surface area contributed by atoms with Crippen LogP contribution in [-0.2, 0) is 11.3 Å². The molecule has 2 heterocycles. The number of nitrogens with zero attached hydrogens (tertiary/aromatic N) is 2. The smallest absolute Gasteiger partial charge is 0.134 e. The highest BCUT2D eigenvalue weighted by Crippen LogP contribution is 2.25. The van der Waals surface area contributed by atoms with Gasteiger partial charge in [-0.05, 0) is 35.8 Å². The highest BCUT2D eigenvalue weighted by Gasteiger charge is 2.26. The summed E-state index contributed by atoms with van der Waals surface area (Å²) in [5.41, 5.74) is 0.848. The van der Waals surface area contributed by atoms with Crippen molar-refractivity contribution < 1.29 is 9.84 Å². The van der Waals surface area contributed by atoms with Crippen LogP contribution in [0.25, 0.3) is 0 Å². The molecular formula is C12H17BrN2O2. The fourth-order valence-electron chi connectivity index (χ4n) is 2.05. The molecular weight excluding hydrogens is 284 g/mol. The zero-order valence-corrected chi connectivity index (χ0v) is 11.6. The molecule has 0 spiro atoms. The molecule has 0 radical (unpaired) electrons. The Morgan fingerprint density at radius 2 is 2.35 bits per heavy atom. The molecule has 4 nitrogen and oxygen atoms in total. The molecule has 1 aromatic rings. The third-order valence-corrected chi connectivity index (χ3v) is 3.39. The quantitative estimate of drug-likeness (QED) is 0.907. The van der Waals surface area contributed by atoms with Crippen molar-refractivity contribution in [2.24, 2.45) is 0 Å². The van der Waals surface area contributed by atoms with Crippen molar-refractivity contribution in [3.05, 3.63) is 22.3 Å². The van der Waals surface area contributed by atoms with Gasteiger partial charge in [0.1, 0.15) is 5.82 Å². The van der Waals surface area contributed by atoms with E-state index in [-0.39, 0.29) is 18.8 Å². The summed E-state index contributed by atoms with van der Waals surface area (Å²) in [4.78, 5) is 6.62. The topological polar surface area (TPSA) is 45.6 Å². The molecule has 0 amide bonds. The first-order chi connectivity index (χ1) is 8.11. The Morgan fingerprint density at radius 3 is 3.06 bits per heavy atom. The molecule has 1 aromatic heterocycles. The van der Waals surface area contributed by atoms with Crippen LogP contribution < -0.4 is 4.90 Å². The third kappa shape index (κ3) is 2.78. The molecule has 1 aliphatic heterocycles. The van der Waals surface area contributed by atoms with E-state index < -0.39 is 0 Å². The molecule has 0 aromatic carbocycles. The van der Waals surface area contributed by atoms with E-state index in [9.17, 15) is 5.11 Å². The molecule has 0 aliphatic carbocycles. The molecule has 1 saturated heterocycles. The van der Waals surface area contributed by atoms with E-state index in [0.717, 1.165) is 22.4 Å². The number of rotatable bonds is 2. The third-order valence-electron chi connectivity index (χ3n) is 2.96. The van der Waals surface area contributed by atoms with Gasteiger partial charge in [-0.15, -0.1) is 0 Å². The lowest BCUT2D eigenvalue weighted by molar-refractivity contribution is 0.0339. The van der Waals surface area contributed by atoms with E-state index in [0.29, 0.717) is 6.61 Å². The standard InChI is InChI=1S/C12H17BrN2O2/c1-8-7-17-9(2)5-15(8)12-10(6-16)3-11(13)4-14-12/h3-4,8-9,16H,5-7H2,1-2H3. The highest BCUT2D eigenvalue weighted by molar-refractivity contribution is 9.10. The zero-order valence-electron chi connectivity index (χ0n) is 10.1. The van der Waals surface area contributed by atoms with E-state index in [1.54, 1.807) is 6.20 Å². The Morgan fingerprint density at radius 1 is 1.59 bits per heavy atom. The second-order valence-corrected chi connectivity index (χ2v) is 5.36. The van der Waals surface area contributed by atoms with Crippen LogP contribution in [0.1, 0.15) is 19.4 Å². The molecule has 0 bridgehead atoms. The van der Waals surface area contributed by atoms with Gasteiger partial charge in [-0.2, -0.15) is 0 Å². The van der Waals surface area contributed by atoms with Crippen molar-refractivity contribution in [1.29, 1.82) is 0 Å². The summed E-state index contributed by atoms with van der Waals surface area (Å²) in [5, 5.41) is 9.41. The summed E-state index contributed by atoms with van der Waals surface area (Å²) < 4.78 is 6.49. The number of aliphatic hydroxyl groups excluding tert-OH is 1. The van der Waals surface area contributed by atoms with Crippen LogP contribution in [0, 0.1) is 0 Å². The molecule has 2 unspecified atom stereocenters. The molecule has 0 saturated carbocycles. The van der Waals surface area contributed by atoms with Gasteiger partial charge in [0.15, 0.2) is 0 Å². The summed E-state index contributed by atoms with van der Waals surface area (Å²) in [6.45, 7) is 5.67. The van der Waals surface area contributed by atoms with Gasteiger partial charge in [0.25, 0.3) is 0 Å². The molecule has 1 fully saturated rings. The first kappa shape index (κ1) is 12.8. The van der Waals surface area contributed by atoms with E-state index in [2.05, 4.69) is 39.7 Å². The van der Waals surface area contributed by atoms with Crippen molar-refractivity contribution >= 4 is 21.7 Å². The summed E-state index contributed by atoms with van der Waals surface area (Å²) in [5.74, 6) is 0.860. The minimum Gasteiger partial charge on any atom is -0.392 e. The predicted molar refractivity (Wildman–Crippen MR) is 70.1 cm³/mol. The number of hydrogen-bond donors (Lipinski definition) is 1. The van der Waals surface area contributed by atoms with Gasteiger partial charge in [-0.25, -0.2) is 4.98 Å². The fourth-order valence-corrected chi connectivity index (χ4v) is 2.43. The molecule has 94 valence electrons. The summed E-state index contributed by atoms with van der Waals surface area (Å²) in [6, 6.07) is 2.19. The maximum absolute atomic E-state index is 9.41. The lowest BCUT2D eigenvalue weighted by Gasteiger charge is -2.38. The lowest BCUT2D eigenvalue weighted by Crippen LogP contribution is -2.48. The van der Waals surface area contributed by atoms with Crippen molar-refractivity contribution in [3.8, 4) is 0 Å². The molecule has 5 heteroatoms. The Kier molecular flexibility index (Phi) is 4.01. The number of halogens is 1. The maximum atomic E-state index is 9.41. The van der Waals surface area contributed by atoms with Gasteiger partial charge in [-0.3, -0.25) is 0 Å². The van der Waals surface area contributed by atoms with Crippen molar-refractivity contribution in [2.45, 2.75) is 32.6 Å². The largest absolute Gasteiger partial charge is 0.392 e. The lowest BCUT2D eigenvalue weighted by atomic mass is 10.1. The predicted octanol–water partition coefficient (Wildman–Crippen LogP) is 1.95. The Balaban J connectivity index is 2.31. The van der Waals surface area contributed by atoms with Crippen molar-refractivity contribution in [2.75, 3.05) is 18.1 Å².